The van der Waals surface area contributed by atoms with Crippen molar-refractivity contribution in [2.45, 2.75) is 50.3 Å². The number of alkyl carbamates (subject to hydrolysis) is 1. The van der Waals surface area contributed by atoms with Crippen LogP contribution in [0.25, 0.3) is 0 Å². The zero-order chi connectivity index (χ0) is 28.2. The van der Waals surface area contributed by atoms with E-state index in [2.05, 4.69) is 10.6 Å². The average Bonchev–Trinajstić information content (AvgIpc) is 3.42. The molecular formula is C26H34BN5O6S. The SMILES string of the molecule is N=C(N)SCC[C@H](NC(=O)[C@@H]1CCCN1C(=O)[C@@H](Cc1ccccc1)NC(=O)OCc1ccccc1)B(O)O. The highest BCUT2D eigenvalue weighted by molar-refractivity contribution is 8.13. The van der Waals surface area contributed by atoms with Crippen LogP contribution in [-0.2, 0) is 27.4 Å². The lowest BCUT2D eigenvalue weighted by Crippen LogP contribution is -2.57. The van der Waals surface area contributed by atoms with Crippen molar-refractivity contribution >= 4 is 42.0 Å². The van der Waals surface area contributed by atoms with Gasteiger partial charge in [-0.15, -0.1) is 0 Å². The van der Waals surface area contributed by atoms with E-state index in [4.69, 9.17) is 15.9 Å². The molecule has 0 aliphatic carbocycles. The van der Waals surface area contributed by atoms with E-state index < -0.39 is 43.1 Å². The summed E-state index contributed by atoms with van der Waals surface area (Å²) >= 11 is 1.03. The summed E-state index contributed by atoms with van der Waals surface area (Å²) in [5, 5.41) is 31.9. The van der Waals surface area contributed by atoms with Gasteiger partial charge in [0.2, 0.25) is 11.8 Å². The maximum atomic E-state index is 13.7. The molecule has 208 valence electrons. The molecule has 39 heavy (non-hydrogen) atoms. The quantitative estimate of drug-likeness (QED) is 0.128. The molecule has 3 amide bonds. The summed E-state index contributed by atoms with van der Waals surface area (Å²) in [6.45, 7) is 0.357. The van der Waals surface area contributed by atoms with Gasteiger partial charge in [0, 0.05) is 18.7 Å². The van der Waals surface area contributed by atoms with Gasteiger partial charge in [-0.1, -0.05) is 72.4 Å². The van der Waals surface area contributed by atoms with E-state index in [1.165, 1.54) is 4.90 Å². The molecule has 0 spiro atoms. The minimum Gasteiger partial charge on any atom is -0.445 e. The number of amides is 3. The molecule has 1 fully saturated rings. The second-order valence-electron chi connectivity index (χ2n) is 9.17. The number of amidine groups is 1. The molecule has 3 atom stereocenters. The van der Waals surface area contributed by atoms with Gasteiger partial charge in [-0.05, 0) is 30.4 Å². The number of hydrogen-bond donors (Lipinski definition) is 6. The van der Waals surface area contributed by atoms with Gasteiger partial charge in [0.1, 0.15) is 18.7 Å². The van der Waals surface area contributed by atoms with Gasteiger partial charge in [0.15, 0.2) is 5.17 Å². The minimum atomic E-state index is -1.82. The van der Waals surface area contributed by atoms with E-state index in [1.54, 1.807) is 0 Å². The van der Waals surface area contributed by atoms with E-state index in [0.717, 1.165) is 22.9 Å². The first kappa shape index (κ1) is 30.0. The van der Waals surface area contributed by atoms with Gasteiger partial charge >= 0.3 is 13.2 Å². The maximum Gasteiger partial charge on any atom is 0.475 e. The zero-order valence-electron chi connectivity index (χ0n) is 21.5. The summed E-state index contributed by atoms with van der Waals surface area (Å²) in [5.74, 6) is -1.63. The molecule has 2 aromatic carbocycles. The van der Waals surface area contributed by atoms with Gasteiger partial charge in [-0.25, -0.2) is 4.79 Å². The van der Waals surface area contributed by atoms with Crippen molar-refractivity contribution in [1.82, 2.24) is 15.5 Å². The van der Waals surface area contributed by atoms with Crippen LogP contribution >= 0.6 is 11.8 Å². The Kier molecular flexibility index (Phi) is 11.7. The van der Waals surface area contributed by atoms with Crippen LogP contribution < -0.4 is 16.4 Å². The summed E-state index contributed by atoms with van der Waals surface area (Å²) in [6, 6.07) is 16.6. The van der Waals surface area contributed by atoms with Crippen molar-refractivity contribution in [3.05, 3.63) is 71.8 Å². The zero-order valence-corrected chi connectivity index (χ0v) is 22.3. The van der Waals surface area contributed by atoms with E-state index >= 15 is 0 Å². The lowest BCUT2D eigenvalue weighted by atomic mass is 9.77. The number of nitrogens with two attached hydrogens (primary N) is 1. The van der Waals surface area contributed by atoms with Crippen molar-refractivity contribution in [2.24, 2.45) is 5.73 Å². The number of carbonyl (C=O) groups excluding carboxylic acids is 3. The minimum absolute atomic E-state index is 0.0421. The van der Waals surface area contributed by atoms with Crippen LogP contribution in [0, 0.1) is 5.41 Å². The topological polar surface area (TPSA) is 178 Å². The molecule has 2 aromatic rings. The molecule has 13 heteroatoms. The Hall–Kier alpha value is -3.55. The third-order valence-electron chi connectivity index (χ3n) is 6.30. The Morgan fingerprint density at radius 3 is 2.33 bits per heavy atom. The second kappa shape index (κ2) is 15.1. The van der Waals surface area contributed by atoms with Crippen LogP contribution in [0.2, 0.25) is 0 Å². The predicted octanol–water partition coefficient (Wildman–Crippen LogP) is 1.03. The number of ether oxygens (including phenoxy) is 1. The molecule has 1 saturated heterocycles. The standard InChI is InChI=1S/C26H34BN5O6S/c28-25(29)39-15-13-22(27(36)37)31-23(33)21-12-7-14-32(21)24(34)20(16-18-8-3-1-4-9-18)30-26(35)38-17-19-10-5-2-6-11-19/h1-6,8-11,20-22,36-37H,7,12-17H2,(H3,28,29)(H,30,35)(H,31,33)/t20-,21+,22+/m1/s1. The van der Waals surface area contributed by atoms with Crippen LogP contribution in [-0.4, -0.2) is 75.5 Å². The summed E-state index contributed by atoms with van der Waals surface area (Å²) in [5.41, 5.74) is 6.95. The van der Waals surface area contributed by atoms with Gasteiger partial charge < -0.3 is 36.1 Å². The molecule has 11 nitrogen and oxygen atoms in total. The first-order valence-electron chi connectivity index (χ1n) is 12.7. The van der Waals surface area contributed by atoms with Crippen LogP contribution in [0.4, 0.5) is 4.79 Å². The van der Waals surface area contributed by atoms with E-state index in [0.29, 0.717) is 25.1 Å². The number of likely N-dealkylation sites (tertiary alicyclic amines) is 1. The number of nitrogens with one attached hydrogen (secondary N) is 3. The fraction of sp³-hybridized carbons (Fsp3) is 0.385. The van der Waals surface area contributed by atoms with Crippen molar-refractivity contribution < 1.29 is 29.2 Å². The average molecular weight is 555 g/mol. The molecule has 1 aliphatic heterocycles. The molecule has 0 bridgehead atoms. The maximum absolute atomic E-state index is 13.7. The summed E-state index contributed by atoms with van der Waals surface area (Å²) in [6.07, 6.45) is 0.585. The van der Waals surface area contributed by atoms with Gasteiger partial charge in [0.25, 0.3) is 0 Å². The molecule has 7 N–H and O–H groups in total. The monoisotopic (exact) mass is 555 g/mol. The molecular weight excluding hydrogens is 521 g/mol. The van der Waals surface area contributed by atoms with E-state index in [9.17, 15) is 24.4 Å². The van der Waals surface area contributed by atoms with E-state index in [-0.39, 0.29) is 24.6 Å². The van der Waals surface area contributed by atoms with Gasteiger partial charge in [-0.2, -0.15) is 0 Å². The number of rotatable bonds is 12. The number of benzene rings is 2. The highest BCUT2D eigenvalue weighted by Crippen LogP contribution is 2.20. The Labute approximate surface area is 232 Å². The summed E-state index contributed by atoms with van der Waals surface area (Å²) in [4.78, 5) is 40.9. The number of hydrogen-bond acceptors (Lipinski definition) is 8. The first-order valence-corrected chi connectivity index (χ1v) is 13.7. The Bertz CT molecular complexity index is 1110. The highest BCUT2D eigenvalue weighted by Gasteiger charge is 2.39. The first-order chi connectivity index (χ1) is 18.7. The van der Waals surface area contributed by atoms with Crippen molar-refractivity contribution in [3.63, 3.8) is 0 Å². The van der Waals surface area contributed by atoms with Crippen LogP contribution in [0.3, 0.4) is 0 Å². The predicted molar refractivity (Wildman–Crippen MR) is 150 cm³/mol. The molecule has 1 aliphatic rings. The molecule has 1 heterocycles. The van der Waals surface area contributed by atoms with Gasteiger partial charge in [0.05, 0.1) is 5.94 Å². The van der Waals surface area contributed by atoms with Crippen molar-refractivity contribution in [1.29, 1.82) is 5.41 Å². The molecule has 0 aromatic heterocycles. The number of nitrogens with zero attached hydrogens (tertiary/aromatic N) is 1. The third-order valence-corrected chi connectivity index (χ3v) is 7.05. The van der Waals surface area contributed by atoms with Crippen molar-refractivity contribution in [2.75, 3.05) is 12.3 Å². The fourth-order valence-corrected chi connectivity index (χ4v) is 4.92. The number of carbonyl (C=O) groups is 3. The highest BCUT2D eigenvalue weighted by atomic mass is 32.2. The lowest BCUT2D eigenvalue weighted by Gasteiger charge is -2.30. The van der Waals surface area contributed by atoms with Crippen LogP contribution in [0.1, 0.15) is 30.4 Å². The fourth-order valence-electron chi connectivity index (χ4n) is 4.33. The normalized spacial score (nSPS) is 16.2. The molecule has 3 rings (SSSR count). The lowest BCUT2D eigenvalue weighted by molar-refractivity contribution is -0.140. The van der Waals surface area contributed by atoms with Gasteiger partial charge in [-0.3, -0.25) is 15.0 Å². The van der Waals surface area contributed by atoms with E-state index in [1.807, 2.05) is 60.7 Å². The largest absolute Gasteiger partial charge is 0.475 e. The smallest absolute Gasteiger partial charge is 0.445 e. The molecule has 0 radical (unpaired) electrons. The molecule has 0 unspecified atom stereocenters. The second-order valence-corrected chi connectivity index (χ2v) is 10.3. The molecule has 0 saturated carbocycles. The van der Waals surface area contributed by atoms with Crippen molar-refractivity contribution in [3.8, 4) is 0 Å². The Morgan fingerprint density at radius 2 is 1.72 bits per heavy atom. The Balaban J connectivity index is 1.68. The number of thioether (sulfide) groups is 1. The Morgan fingerprint density at radius 1 is 1.08 bits per heavy atom. The summed E-state index contributed by atoms with van der Waals surface area (Å²) in [7, 11) is -1.82. The van der Waals surface area contributed by atoms with Crippen LogP contribution in [0.15, 0.2) is 60.7 Å². The summed E-state index contributed by atoms with van der Waals surface area (Å²) < 4.78 is 5.34. The third kappa shape index (κ3) is 9.61. The van der Waals surface area contributed by atoms with Crippen LogP contribution in [0.5, 0.6) is 0 Å².